The highest BCUT2D eigenvalue weighted by molar-refractivity contribution is 5.72. The van der Waals surface area contributed by atoms with Gasteiger partial charge in [-0.2, -0.15) is 0 Å². The van der Waals surface area contributed by atoms with Crippen molar-refractivity contribution >= 4 is 0 Å². The zero-order valence-corrected chi connectivity index (χ0v) is 10.9. The van der Waals surface area contributed by atoms with Crippen molar-refractivity contribution in [2.24, 2.45) is 0 Å². The number of rotatable bonds is 3. The molecule has 1 aromatic heterocycles. The number of aliphatic hydroxyl groups is 1. The normalized spacial score (nSPS) is 10.8. The Hall–Kier alpha value is -2.53. The number of nitrogens with zero attached hydrogens (tertiary/aromatic N) is 1. The van der Waals surface area contributed by atoms with E-state index in [0.29, 0.717) is 11.3 Å². The number of benzene rings is 2. The summed E-state index contributed by atoms with van der Waals surface area (Å²) in [6.45, 7) is -0.434. The molecule has 0 saturated carbocycles. The molecule has 0 atom stereocenters. The standard InChI is InChI=1S/C16H11F2NO2/c17-12-7-4-8-13(18)14(12)16-11(9-20)15(19-21-16)10-5-2-1-3-6-10/h1-8,20H,9H2. The molecule has 3 rings (SSSR count). The first-order valence-corrected chi connectivity index (χ1v) is 6.31. The molecule has 0 aliphatic carbocycles. The van der Waals surface area contributed by atoms with Crippen molar-refractivity contribution in [3.63, 3.8) is 0 Å². The summed E-state index contributed by atoms with van der Waals surface area (Å²) < 4.78 is 32.8. The first-order chi connectivity index (χ1) is 10.2. The van der Waals surface area contributed by atoms with Gasteiger partial charge in [0.05, 0.1) is 17.7 Å². The molecule has 0 spiro atoms. The van der Waals surface area contributed by atoms with Crippen LogP contribution in [0.5, 0.6) is 0 Å². The third-order valence-electron chi connectivity index (χ3n) is 3.18. The number of hydrogen-bond donors (Lipinski definition) is 1. The molecule has 0 amide bonds. The third-order valence-corrected chi connectivity index (χ3v) is 3.18. The van der Waals surface area contributed by atoms with Gasteiger partial charge in [0.25, 0.3) is 0 Å². The van der Waals surface area contributed by atoms with E-state index < -0.39 is 18.2 Å². The monoisotopic (exact) mass is 287 g/mol. The lowest BCUT2D eigenvalue weighted by Gasteiger charge is -2.03. The highest BCUT2D eigenvalue weighted by Gasteiger charge is 2.23. The van der Waals surface area contributed by atoms with Crippen molar-refractivity contribution in [1.29, 1.82) is 0 Å². The molecular weight excluding hydrogens is 276 g/mol. The van der Waals surface area contributed by atoms with Crippen LogP contribution in [0, 0.1) is 11.6 Å². The molecule has 3 nitrogen and oxygen atoms in total. The summed E-state index contributed by atoms with van der Waals surface area (Å²) in [5.41, 5.74) is 1.01. The van der Waals surface area contributed by atoms with Gasteiger partial charge in [-0.05, 0) is 12.1 Å². The summed E-state index contributed by atoms with van der Waals surface area (Å²) in [5, 5.41) is 13.4. The Morgan fingerprint density at radius 1 is 0.952 bits per heavy atom. The second-order valence-electron chi connectivity index (χ2n) is 4.46. The Balaban J connectivity index is 2.20. The van der Waals surface area contributed by atoms with Gasteiger partial charge >= 0.3 is 0 Å². The highest BCUT2D eigenvalue weighted by Crippen LogP contribution is 2.34. The van der Waals surface area contributed by atoms with Gasteiger partial charge in [-0.15, -0.1) is 0 Å². The molecule has 1 N–H and O–H groups in total. The lowest BCUT2D eigenvalue weighted by molar-refractivity contribution is 0.281. The van der Waals surface area contributed by atoms with Crippen LogP contribution in [-0.2, 0) is 6.61 Å². The number of halogens is 2. The summed E-state index contributed by atoms with van der Waals surface area (Å²) in [5.74, 6) is -1.62. The first-order valence-electron chi connectivity index (χ1n) is 6.31. The summed E-state index contributed by atoms with van der Waals surface area (Å²) in [4.78, 5) is 0. The lowest BCUT2D eigenvalue weighted by Crippen LogP contribution is -1.93. The van der Waals surface area contributed by atoms with E-state index in [-0.39, 0.29) is 16.9 Å². The van der Waals surface area contributed by atoms with Gasteiger partial charge in [0.2, 0.25) is 0 Å². The van der Waals surface area contributed by atoms with Gasteiger partial charge in [0.15, 0.2) is 5.76 Å². The second kappa shape index (κ2) is 5.46. The molecule has 0 radical (unpaired) electrons. The van der Waals surface area contributed by atoms with Crippen molar-refractivity contribution in [2.75, 3.05) is 0 Å². The van der Waals surface area contributed by atoms with Gasteiger partial charge in [-0.25, -0.2) is 8.78 Å². The Kier molecular flexibility index (Phi) is 3.50. The predicted molar refractivity (Wildman–Crippen MR) is 73.2 cm³/mol. The van der Waals surface area contributed by atoms with E-state index in [0.717, 1.165) is 12.1 Å². The predicted octanol–water partition coefficient (Wildman–Crippen LogP) is 3.78. The Morgan fingerprint density at radius 3 is 2.24 bits per heavy atom. The van der Waals surface area contributed by atoms with Gasteiger partial charge in [-0.1, -0.05) is 41.6 Å². The zero-order valence-electron chi connectivity index (χ0n) is 10.9. The lowest BCUT2D eigenvalue weighted by atomic mass is 10.0. The van der Waals surface area contributed by atoms with Crippen LogP contribution in [0.2, 0.25) is 0 Å². The van der Waals surface area contributed by atoms with E-state index in [1.807, 2.05) is 6.07 Å². The molecule has 0 unspecified atom stereocenters. The average molecular weight is 287 g/mol. The van der Waals surface area contributed by atoms with E-state index in [4.69, 9.17) is 4.52 Å². The SMILES string of the molecule is OCc1c(-c2ccccc2)noc1-c1c(F)cccc1F. The van der Waals surface area contributed by atoms with Gasteiger partial charge in [0.1, 0.15) is 17.3 Å². The number of hydrogen-bond acceptors (Lipinski definition) is 3. The molecule has 3 aromatic rings. The molecule has 106 valence electrons. The molecule has 0 bridgehead atoms. The van der Waals surface area contributed by atoms with Gasteiger partial charge < -0.3 is 9.63 Å². The Morgan fingerprint density at radius 2 is 1.62 bits per heavy atom. The van der Waals surface area contributed by atoms with E-state index in [9.17, 15) is 13.9 Å². The smallest absolute Gasteiger partial charge is 0.178 e. The summed E-state index contributed by atoms with van der Waals surface area (Å²) in [6, 6.07) is 12.5. The van der Waals surface area contributed by atoms with Gasteiger partial charge in [0, 0.05) is 5.56 Å². The Labute approximate surface area is 119 Å². The van der Waals surface area contributed by atoms with E-state index in [1.54, 1.807) is 24.3 Å². The van der Waals surface area contributed by atoms with Crippen molar-refractivity contribution in [3.8, 4) is 22.6 Å². The maximum atomic E-state index is 13.9. The van der Waals surface area contributed by atoms with Gasteiger partial charge in [-0.3, -0.25) is 0 Å². The second-order valence-corrected chi connectivity index (χ2v) is 4.46. The van der Waals surface area contributed by atoms with Crippen LogP contribution in [0.3, 0.4) is 0 Å². The number of aliphatic hydroxyl groups excluding tert-OH is 1. The molecule has 0 aliphatic heterocycles. The van der Waals surface area contributed by atoms with Crippen molar-refractivity contribution in [3.05, 3.63) is 65.7 Å². The third kappa shape index (κ3) is 2.32. The molecule has 21 heavy (non-hydrogen) atoms. The average Bonchev–Trinajstić information content (AvgIpc) is 2.91. The topological polar surface area (TPSA) is 46.3 Å². The fourth-order valence-corrected chi connectivity index (χ4v) is 2.19. The number of aromatic nitrogens is 1. The van der Waals surface area contributed by atoms with Crippen LogP contribution < -0.4 is 0 Å². The molecular formula is C16H11F2NO2. The Bertz CT molecular complexity index is 749. The minimum absolute atomic E-state index is 0.0908. The molecule has 0 fully saturated rings. The minimum Gasteiger partial charge on any atom is -0.391 e. The van der Waals surface area contributed by atoms with Crippen LogP contribution in [0.25, 0.3) is 22.6 Å². The van der Waals surface area contributed by atoms with E-state index >= 15 is 0 Å². The molecule has 1 heterocycles. The molecule has 0 aliphatic rings. The van der Waals surface area contributed by atoms with E-state index in [2.05, 4.69) is 5.16 Å². The minimum atomic E-state index is -0.763. The van der Waals surface area contributed by atoms with E-state index in [1.165, 1.54) is 6.07 Å². The summed E-state index contributed by atoms with van der Waals surface area (Å²) in [6.07, 6.45) is 0. The van der Waals surface area contributed by atoms with Crippen LogP contribution in [0.15, 0.2) is 53.1 Å². The van der Waals surface area contributed by atoms with Crippen molar-refractivity contribution < 1.29 is 18.4 Å². The largest absolute Gasteiger partial charge is 0.391 e. The van der Waals surface area contributed by atoms with Crippen molar-refractivity contribution in [2.45, 2.75) is 6.61 Å². The first kappa shape index (κ1) is 13.5. The highest BCUT2D eigenvalue weighted by atomic mass is 19.1. The van der Waals surface area contributed by atoms with Crippen molar-refractivity contribution in [1.82, 2.24) is 5.16 Å². The molecule has 5 heteroatoms. The van der Waals surface area contributed by atoms with Crippen LogP contribution >= 0.6 is 0 Å². The summed E-state index contributed by atoms with van der Waals surface area (Å²) >= 11 is 0. The summed E-state index contributed by atoms with van der Waals surface area (Å²) in [7, 11) is 0. The fourth-order valence-electron chi connectivity index (χ4n) is 2.19. The fraction of sp³-hybridized carbons (Fsp3) is 0.0625. The maximum absolute atomic E-state index is 13.9. The van der Waals surface area contributed by atoms with Crippen LogP contribution in [-0.4, -0.2) is 10.3 Å². The van der Waals surface area contributed by atoms with Crippen LogP contribution in [0.4, 0.5) is 8.78 Å². The maximum Gasteiger partial charge on any atom is 0.178 e. The van der Waals surface area contributed by atoms with Crippen LogP contribution in [0.1, 0.15) is 5.56 Å². The molecule has 0 saturated heterocycles. The quantitative estimate of drug-likeness (QED) is 0.797. The zero-order chi connectivity index (χ0) is 14.8. The molecule has 2 aromatic carbocycles.